The van der Waals surface area contributed by atoms with Crippen molar-refractivity contribution in [2.45, 2.75) is 31.1 Å². The first-order valence-electron chi connectivity index (χ1n) is 5.43. The summed E-state index contributed by atoms with van der Waals surface area (Å²) in [7, 11) is 0. The van der Waals surface area contributed by atoms with Crippen molar-refractivity contribution < 1.29 is 4.39 Å². The lowest BCUT2D eigenvalue weighted by Crippen LogP contribution is -2.05. The highest BCUT2D eigenvalue weighted by molar-refractivity contribution is 6.31. The van der Waals surface area contributed by atoms with Crippen LogP contribution in [-0.2, 0) is 6.42 Å². The van der Waals surface area contributed by atoms with Crippen LogP contribution in [0.1, 0.15) is 24.8 Å². The van der Waals surface area contributed by atoms with E-state index in [1.807, 2.05) is 0 Å². The molecule has 2 rings (SSSR count). The maximum atomic E-state index is 13.1. The van der Waals surface area contributed by atoms with E-state index in [-0.39, 0.29) is 11.2 Å². The molecule has 0 radical (unpaired) electrons. The molecule has 1 aliphatic rings. The standard InChI is InChI=1S/C13H13Cl2F/c14-11-3-1-2-9(7-11)6-10-8-12(16)4-5-13(10)15/h4-5,7-8,11H,1-3,6H2. The second-order valence-electron chi connectivity index (χ2n) is 4.15. The summed E-state index contributed by atoms with van der Waals surface area (Å²) in [5.74, 6) is -0.238. The minimum atomic E-state index is -0.238. The van der Waals surface area contributed by atoms with E-state index < -0.39 is 0 Å². The summed E-state index contributed by atoms with van der Waals surface area (Å²) in [6, 6.07) is 4.49. The molecule has 1 atom stereocenters. The van der Waals surface area contributed by atoms with Gasteiger partial charge in [-0.15, -0.1) is 11.6 Å². The largest absolute Gasteiger partial charge is 0.207 e. The van der Waals surface area contributed by atoms with Gasteiger partial charge in [-0.25, -0.2) is 4.39 Å². The third-order valence-corrected chi connectivity index (χ3v) is 3.53. The van der Waals surface area contributed by atoms with E-state index in [0.29, 0.717) is 11.4 Å². The first-order chi connectivity index (χ1) is 7.65. The van der Waals surface area contributed by atoms with Crippen LogP contribution in [0, 0.1) is 5.82 Å². The normalized spacial score (nSPS) is 20.7. The van der Waals surface area contributed by atoms with E-state index in [4.69, 9.17) is 23.2 Å². The summed E-state index contributed by atoms with van der Waals surface area (Å²) in [5.41, 5.74) is 2.11. The highest BCUT2D eigenvalue weighted by Crippen LogP contribution is 2.27. The van der Waals surface area contributed by atoms with Gasteiger partial charge in [0.1, 0.15) is 5.82 Å². The van der Waals surface area contributed by atoms with Crippen molar-refractivity contribution in [3.8, 4) is 0 Å². The van der Waals surface area contributed by atoms with Gasteiger partial charge in [-0.3, -0.25) is 0 Å². The van der Waals surface area contributed by atoms with Crippen molar-refractivity contribution >= 4 is 23.2 Å². The first-order valence-corrected chi connectivity index (χ1v) is 6.24. The average molecular weight is 259 g/mol. The molecular weight excluding hydrogens is 246 g/mol. The van der Waals surface area contributed by atoms with Crippen LogP contribution in [-0.4, -0.2) is 5.38 Å². The molecule has 3 heteroatoms. The SMILES string of the molecule is Fc1ccc(Cl)c(CC2=CC(Cl)CCC2)c1. The lowest BCUT2D eigenvalue weighted by molar-refractivity contribution is 0.625. The lowest BCUT2D eigenvalue weighted by atomic mass is 9.94. The highest BCUT2D eigenvalue weighted by atomic mass is 35.5. The highest BCUT2D eigenvalue weighted by Gasteiger charge is 2.12. The van der Waals surface area contributed by atoms with Crippen LogP contribution in [0.3, 0.4) is 0 Å². The van der Waals surface area contributed by atoms with Crippen LogP contribution in [0.25, 0.3) is 0 Å². The van der Waals surface area contributed by atoms with Gasteiger partial charge >= 0.3 is 0 Å². The summed E-state index contributed by atoms with van der Waals surface area (Å²) in [5, 5.41) is 0.745. The van der Waals surface area contributed by atoms with Crippen LogP contribution in [0.4, 0.5) is 4.39 Å². The zero-order valence-corrected chi connectivity index (χ0v) is 10.4. The third kappa shape index (κ3) is 2.99. The zero-order valence-electron chi connectivity index (χ0n) is 8.85. The van der Waals surface area contributed by atoms with Crippen LogP contribution >= 0.6 is 23.2 Å². The Bertz CT molecular complexity index is 412. The Morgan fingerprint density at radius 2 is 2.19 bits per heavy atom. The molecule has 0 saturated carbocycles. The smallest absolute Gasteiger partial charge is 0.123 e. The van der Waals surface area contributed by atoms with Gasteiger partial charge in [-0.05, 0) is 49.4 Å². The lowest BCUT2D eigenvalue weighted by Gasteiger charge is -2.17. The molecule has 0 fully saturated rings. The van der Waals surface area contributed by atoms with Gasteiger partial charge in [0.05, 0.1) is 5.38 Å². The topological polar surface area (TPSA) is 0 Å². The van der Waals surface area contributed by atoms with Crippen molar-refractivity contribution in [2.75, 3.05) is 0 Å². The summed E-state index contributed by atoms with van der Waals surface area (Å²) < 4.78 is 13.1. The molecule has 0 bridgehead atoms. The molecule has 1 aromatic rings. The van der Waals surface area contributed by atoms with Crippen LogP contribution in [0.5, 0.6) is 0 Å². The quantitative estimate of drug-likeness (QED) is 0.531. The van der Waals surface area contributed by atoms with E-state index in [0.717, 1.165) is 24.8 Å². The summed E-state index contributed by atoms with van der Waals surface area (Å²) in [6.07, 6.45) is 5.96. The van der Waals surface area contributed by atoms with Gasteiger partial charge in [0, 0.05) is 5.02 Å². The number of allylic oxidation sites excluding steroid dienone is 2. The van der Waals surface area contributed by atoms with Crippen molar-refractivity contribution in [2.24, 2.45) is 0 Å². The molecule has 0 N–H and O–H groups in total. The Morgan fingerprint density at radius 1 is 1.38 bits per heavy atom. The van der Waals surface area contributed by atoms with Gasteiger partial charge in [-0.2, -0.15) is 0 Å². The average Bonchev–Trinajstić information content (AvgIpc) is 2.24. The molecule has 1 aromatic carbocycles. The Kier molecular flexibility index (Phi) is 3.88. The Morgan fingerprint density at radius 3 is 2.94 bits per heavy atom. The molecule has 0 aliphatic heterocycles. The first kappa shape index (κ1) is 11.9. The molecule has 16 heavy (non-hydrogen) atoms. The maximum Gasteiger partial charge on any atom is 0.123 e. The molecule has 86 valence electrons. The molecule has 0 spiro atoms. The van der Waals surface area contributed by atoms with E-state index in [1.165, 1.54) is 17.7 Å². The predicted octanol–water partition coefficient (Wildman–Crippen LogP) is 4.74. The molecule has 1 unspecified atom stereocenters. The molecule has 1 aliphatic carbocycles. The van der Waals surface area contributed by atoms with E-state index in [1.54, 1.807) is 6.07 Å². The number of alkyl halides is 1. The molecule has 0 heterocycles. The third-order valence-electron chi connectivity index (χ3n) is 2.82. The molecule has 0 nitrogen and oxygen atoms in total. The minimum Gasteiger partial charge on any atom is -0.207 e. The van der Waals surface area contributed by atoms with Crippen molar-refractivity contribution in [1.82, 2.24) is 0 Å². The van der Waals surface area contributed by atoms with E-state index >= 15 is 0 Å². The number of hydrogen-bond donors (Lipinski definition) is 0. The number of hydrogen-bond acceptors (Lipinski definition) is 0. The fourth-order valence-corrected chi connectivity index (χ4v) is 2.53. The summed E-state index contributed by atoms with van der Waals surface area (Å²) in [4.78, 5) is 0. The second kappa shape index (κ2) is 5.20. The van der Waals surface area contributed by atoms with Gasteiger partial charge < -0.3 is 0 Å². The van der Waals surface area contributed by atoms with Crippen molar-refractivity contribution in [3.63, 3.8) is 0 Å². The van der Waals surface area contributed by atoms with E-state index in [2.05, 4.69) is 6.08 Å². The molecular formula is C13H13Cl2F. The summed E-state index contributed by atoms with van der Waals surface area (Å²) in [6.45, 7) is 0. The predicted molar refractivity (Wildman–Crippen MR) is 66.7 cm³/mol. The fourth-order valence-electron chi connectivity index (χ4n) is 2.02. The monoisotopic (exact) mass is 258 g/mol. The fraction of sp³-hybridized carbons (Fsp3) is 0.385. The Balaban J connectivity index is 2.17. The maximum absolute atomic E-state index is 13.1. The Labute approximate surface area is 105 Å². The van der Waals surface area contributed by atoms with Crippen LogP contribution < -0.4 is 0 Å². The van der Waals surface area contributed by atoms with Crippen molar-refractivity contribution in [1.29, 1.82) is 0 Å². The Hall–Kier alpha value is -0.530. The summed E-state index contributed by atoms with van der Waals surface area (Å²) >= 11 is 12.1. The minimum absolute atomic E-state index is 0.121. The van der Waals surface area contributed by atoms with Gasteiger partial charge in [0.15, 0.2) is 0 Å². The van der Waals surface area contributed by atoms with Crippen LogP contribution in [0.15, 0.2) is 29.8 Å². The van der Waals surface area contributed by atoms with Gasteiger partial charge in [0.2, 0.25) is 0 Å². The number of benzene rings is 1. The van der Waals surface area contributed by atoms with E-state index in [9.17, 15) is 4.39 Å². The number of halogens is 3. The molecule has 0 aromatic heterocycles. The number of rotatable bonds is 2. The van der Waals surface area contributed by atoms with Gasteiger partial charge in [-0.1, -0.05) is 23.3 Å². The zero-order chi connectivity index (χ0) is 11.5. The van der Waals surface area contributed by atoms with Crippen LogP contribution in [0.2, 0.25) is 5.02 Å². The molecule has 0 amide bonds. The molecule has 0 saturated heterocycles. The second-order valence-corrected chi connectivity index (χ2v) is 5.11. The van der Waals surface area contributed by atoms with Crippen molar-refractivity contribution in [3.05, 3.63) is 46.3 Å². The van der Waals surface area contributed by atoms with Gasteiger partial charge in [0.25, 0.3) is 0 Å².